The van der Waals surface area contributed by atoms with Gasteiger partial charge in [0.25, 0.3) is 0 Å². The van der Waals surface area contributed by atoms with Crippen LogP contribution in [-0.2, 0) is 0 Å². The maximum atomic E-state index is 3.61. The number of nitrogens with one attached hydrogen (secondary N) is 1. The molecule has 1 aromatic carbocycles. The Kier molecular flexibility index (Phi) is 8.58. The highest BCUT2D eigenvalue weighted by atomic mass is 15.2. The van der Waals surface area contributed by atoms with Crippen molar-refractivity contribution in [3.63, 3.8) is 0 Å². The summed E-state index contributed by atoms with van der Waals surface area (Å²) in [5, 5.41) is 3.61. The summed E-state index contributed by atoms with van der Waals surface area (Å²) in [6.07, 6.45) is 1.21. The van der Waals surface area contributed by atoms with Crippen LogP contribution in [0.5, 0.6) is 0 Å². The molecule has 0 radical (unpaired) electrons. The largest absolute Gasteiger partial charge is 0.315 e. The maximum Gasteiger partial charge on any atom is 0.0469 e. The Balaban J connectivity index is 2.58. The fourth-order valence-corrected chi connectivity index (χ4v) is 2.50. The van der Waals surface area contributed by atoms with Crippen LogP contribution in [0.4, 0.5) is 0 Å². The SMILES string of the molecule is CC(C)CNCC(c1ccccc1)N(C)CCCN(C)C. The third-order valence-electron chi connectivity index (χ3n) is 3.72. The topological polar surface area (TPSA) is 18.5 Å². The quantitative estimate of drug-likeness (QED) is 0.715. The monoisotopic (exact) mass is 291 g/mol. The molecule has 0 aliphatic carbocycles. The summed E-state index contributed by atoms with van der Waals surface area (Å²) in [4.78, 5) is 4.73. The molecule has 1 atom stereocenters. The molecule has 0 amide bonds. The first-order chi connectivity index (χ1) is 10.0. The molecule has 1 rings (SSSR count). The summed E-state index contributed by atoms with van der Waals surface area (Å²) in [7, 11) is 6.52. The van der Waals surface area contributed by atoms with Gasteiger partial charge in [-0.25, -0.2) is 0 Å². The molecule has 0 bridgehead atoms. The molecular formula is C18H33N3. The molecule has 1 aromatic rings. The molecule has 0 saturated heterocycles. The lowest BCUT2D eigenvalue weighted by atomic mass is 10.0. The maximum absolute atomic E-state index is 3.61. The summed E-state index contributed by atoms with van der Waals surface area (Å²) in [5.74, 6) is 0.695. The second-order valence-electron chi connectivity index (χ2n) is 6.62. The van der Waals surface area contributed by atoms with Gasteiger partial charge in [0.2, 0.25) is 0 Å². The average Bonchev–Trinajstić information content (AvgIpc) is 2.43. The van der Waals surface area contributed by atoms with Crippen molar-refractivity contribution < 1.29 is 0 Å². The first-order valence-corrected chi connectivity index (χ1v) is 8.11. The molecule has 0 aromatic heterocycles. The number of rotatable bonds is 10. The van der Waals surface area contributed by atoms with Crippen molar-refractivity contribution in [3.05, 3.63) is 35.9 Å². The van der Waals surface area contributed by atoms with E-state index >= 15 is 0 Å². The van der Waals surface area contributed by atoms with E-state index in [1.165, 1.54) is 12.0 Å². The van der Waals surface area contributed by atoms with Crippen molar-refractivity contribution in [2.45, 2.75) is 26.3 Å². The minimum atomic E-state index is 0.451. The van der Waals surface area contributed by atoms with Gasteiger partial charge < -0.3 is 10.2 Å². The van der Waals surface area contributed by atoms with Crippen molar-refractivity contribution >= 4 is 0 Å². The number of benzene rings is 1. The molecular weight excluding hydrogens is 258 g/mol. The fourth-order valence-electron chi connectivity index (χ4n) is 2.50. The zero-order valence-electron chi connectivity index (χ0n) is 14.5. The lowest BCUT2D eigenvalue weighted by molar-refractivity contribution is 0.223. The highest BCUT2D eigenvalue weighted by Crippen LogP contribution is 2.18. The number of nitrogens with zero attached hydrogens (tertiary/aromatic N) is 2. The molecule has 1 unspecified atom stereocenters. The first kappa shape index (κ1) is 18.1. The predicted molar refractivity (Wildman–Crippen MR) is 92.7 cm³/mol. The van der Waals surface area contributed by atoms with E-state index in [2.05, 4.69) is 80.4 Å². The third-order valence-corrected chi connectivity index (χ3v) is 3.72. The Morgan fingerprint density at radius 2 is 1.62 bits per heavy atom. The van der Waals surface area contributed by atoms with Crippen molar-refractivity contribution in [1.82, 2.24) is 15.1 Å². The number of hydrogen-bond acceptors (Lipinski definition) is 3. The Hall–Kier alpha value is -0.900. The number of likely N-dealkylation sites (N-methyl/N-ethyl adjacent to an activating group) is 1. The zero-order chi connectivity index (χ0) is 15.7. The molecule has 0 fully saturated rings. The van der Waals surface area contributed by atoms with Gasteiger partial charge in [0.1, 0.15) is 0 Å². The van der Waals surface area contributed by atoms with E-state index in [0.717, 1.165) is 26.2 Å². The van der Waals surface area contributed by atoms with Crippen molar-refractivity contribution in [1.29, 1.82) is 0 Å². The van der Waals surface area contributed by atoms with Gasteiger partial charge in [0.15, 0.2) is 0 Å². The van der Waals surface area contributed by atoms with Gasteiger partial charge in [0.05, 0.1) is 0 Å². The Morgan fingerprint density at radius 3 is 2.19 bits per heavy atom. The summed E-state index contributed by atoms with van der Waals surface area (Å²) in [6, 6.07) is 11.3. The Bertz CT molecular complexity index is 362. The van der Waals surface area contributed by atoms with E-state index in [-0.39, 0.29) is 0 Å². The Labute approximate surface area is 131 Å². The molecule has 0 saturated carbocycles. The van der Waals surface area contributed by atoms with Crippen LogP contribution < -0.4 is 5.32 Å². The molecule has 0 heterocycles. The van der Waals surface area contributed by atoms with Crippen molar-refractivity contribution in [2.24, 2.45) is 5.92 Å². The van der Waals surface area contributed by atoms with Crippen LogP contribution in [0.25, 0.3) is 0 Å². The normalized spacial score (nSPS) is 13.3. The van der Waals surface area contributed by atoms with Crippen LogP contribution in [0.1, 0.15) is 31.9 Å². The molecule has 0 aliphatic rings. The van der Waals surface area contributed by atoms with E-state index in [0.29, 0.717) is 12.0 Å². The summed E-state index contributed by atoms with van der Waals surface area (Å²) >= 11 is 0. The molecule has 3 heteroatoms. The molecule has 21 heavy (non-hydrogen) atoms. The first-order valence-electron chi connectivity index (χ1n) is 8.11. The molecule has 120 valence electrons. The van der Waals surface area contributed by atoms with Crippen LogP contribution in [-0.4, -0.2) is 57.1 Å². The van der Waals surface area contributed by atoms with E-state index < -0.39 is 0 Å². The van der Waals surface area contributed by atoms with Crippen LogP contribution in [0.2, 0.25) is 0 Å². The van der Waals surface area contributed by atoms with E-state index in [9.17, 15) is 0 Å². The lowest BCUT2D eigenvalue weighted by Crippen LogP contribution is -2.36. The van der Waals surface area contributed by atoms with E-state index in [1.807, 2.05) is 0 Å². The third kappa shape index (κ3) is 7.60. The Morgan fingerprint density at radius 1 is 0.952 bits per heavy atom. The van der Waals surface area contributed by atoms with E-state index in [1.54, 1.807) is 0 Å². The second-order valence-corrected chi connectivity index (χ2v) is 6.62. The molecule has 1 N–H and O–H groups in total. The fraction of sp³-hybridized carbons (Fsp3) is 0.667. The van der Waals surface area contributed by atoms with Gasteiger partial charge in [-0.3, -0.25) is 4.90 Å². The van der Waals surface area contributed by atoms with Gasteiger partial charge >= 0.3 is 0 Å². The molecule has 0 aliphatic heterocycles. The van der Waals surface area contributed by atoms with Gasteiger partial charge in [-0.05, 0) is 58.7 Å². The minimum Gasteiger partial charge on any atom is -0.315 e. The van der Waals surface area contributed by atoms with Crippen molar-refractivity contribution in [2.75, 3.05) is 47.3 Å². The van der Waals surface area contributed by atoms with Crippen LogP contribution >= 0.6 is 0 Å². The smallest absolute Gasteiger partial charge is 0.0469 e. The highest BCUT2D eigenvalue weighted by Gasteiger charge is 2.16. The van der Waals surface area contributed by atoms with Crippen molar-refractivity contribution in [3.8, 4) is 0 Å². The highest BCUT2D eigenvalue weighted by molar-refractivity contribution is 5.19. The van der Waals surface area contributed by atoms with Crippen LogP contribution in [0.3, 0.4) is 0 Å². The summed E-state index contributed by atoms with van der Waals surface area (Å²) in [6.45, 7) is 8.87. The predicted octanol–water partition coefficient (Wildman–Crippen LogP) is 2.86. The van der Waals surface area contributed by atoms with E-state index in [4.69, 9.17) is 0 Å². The minimum absolute atomic E-state index is 0.451. The summed E-state index contributed by atoms with van der Waals surface area (Å²) in [5.41, 5.74) is 1.40. The second kappa shape index (κ2) is 9.93. The zero-order valence-corrected chi connectivity index (χ0v) is 14.5. The standard InChI is InChI=1S/C18H33N3/c1-16(2)14-19-15-18(17-10-7-6-8-11-17)21(5)13-9-12-20(3)4/h6-8,10-11,16,18-19H,9,12-15H2,1-5H3. The summed E-state index contributed by atoms with van der Waals surface area (Å²) < 4.78 is 0. The van der Waals surface area contributed by atoms with Crippen LogP contribution in [0.15, 0.2) is 30.3 Å². The number of hydrogen-bond donors (Lipinski definition) is 1. The van der Waals surface area contributed by atoms with Gasteiger partial charge in [-0.15, -0.1) is 0 Å². The van der Waals surface area contributed by atoms with Crippen LogP contribution in [0, 0.1) is 5.92 Å². The van der Waals surface area contributed by atoms with Gasteiger partial charge in [0, 0.05) is 12.6 Å². The lowest BCUT2D eigenvalue weighted by Gasteiger charge is -2.29. The average molecular weight is 291 g/mol. The molecule has 3 nitrogen and oxygen atoms in total. The van der Waals surface area contributed by atoms with Gasteiger partial charge in [-0.2, -0.15) is 0 Å². The van der Waals surface area contributed by atoms with Gasteiger partial charge in [-0.1, -0.05) is 44.2 Å². The molecule has 0 spiro atoms.